The predicted octanol–water partition coefficient (Wildman–Crippen LogP) is 3.61. The molecule has 2 N–H and O–H groups in total. The highest BCUT2D eigenvalue weighted by atomic mass is 32.1. The number of anilines is 2. The van der Waals surface area contributed by atoms with E-state index in [-0.39, 0.29) is 6.10 Å². The molecule has 6 heteroatoms. The van der Waals surface area contributed by atoms with Crippen molar-refractivity contribution in [3.8, 4) is 11.8 Å². The molecule has 1 aliphatic heterocycles. The van der Waals surface area contributed by atoms with E-state index in [4.69, 9.17) is 10.5 Å². The van der Waals surface area contributed by atoms with Crippen LogP contribution >= 0.6 is 22.7 Å². The molecular formula is C15H17N3OS2. The van der Waals surface area contributed by atoms with Crippen molar-refractivity contribution in [1.82, 2.24) is 0 Å². The highest BCUT2D eigenvalue weighted by molar-refractivity contribution is 7.17. The van der Waals surface area contributed by atoms with Crippen LogP contribution in [0.4, 0.5) is 10.7 Å². The summed E-state index contributed by atoms with van der Waals surface area (Å²) >= 11 is 3.25. The van der Waals surface area contributed by atoms with E-state index < -0.39 is 0 Å². The fourth-order valence-electron chi connectivity index (χ4n) is 2.48. The lowest BCUT2D eigenvalue weighted by molar-refractivity contribution is 0.245. The third-order valence-electron chi connectivity index (χ3n) is 3.43. The summed E-state index contributed by atoms with van der Waals surface area (Å²) in [6, 6.07) is 4.35. The largest absolute Gasteiger partial charge is 0.486 e. The fourth-order valence-corrected chi connectivity index (χ4v) is 4.35. The van der Waals surface area contributed by atoms with Crippen LogP contribution in [-0.4, -0.2) is 12.6 Å². The van der Waals surface area contributed by atoms with Gasteiger partial charge in [0, 0.05) is 18.0 Å². The Bertz CT molecular complexity index is 696. The average Bonchev–Trinajstić information content (AvgIpc) is 3.03. The van der Waals surface area contributed by atoms with Gasteiger partial charge in [0.05, 0.1) is 6.10 Å². The Labute approximate surface area is 132 Å². The second-order valence-electron chi connectivity index (χ2n) is 5.30. The van der Waals surface area contributed by atoms with Gasteiger partial charge in [0.2, 0.25) is 0 Å². The minimum atomic E-state index is 0.0358. The van der Waals surface area contributed by atoms with Crippen LogP contribution in [0.1, 0.15) is 29.2 Å². The lowest BCUT2D eigenvalue weighted by atomic mass is 10.1. The zero-order valence-electron chi connectivity index (χ0n) is 12.0. The van der Waals surface area contributed by atoms with Crippen molar-refractivity contribution in [1.29, 1.82) is 5.26 Å². The Hall–Kier alpha value is -1.71. The molecule has 21 heavy (non-hydrogen) atoms. The molecule has 4 nitrogen and oxygen atoms in total. The maximum Gasteiger partial charge on any atom is 0.178 e. The summed E-state index contributed by atoms with van der Waals surface area (Å²) in [6.07, 6.45) is 1.07. The van der Waals surface area contributed by atoms with E-state index in [1.54, 1.807) is 0 Å². The molecule has 0 saturated carbocycles. The summed E-state index contributed by atoms with van der Waals surface area (Å²) < 4.78 is 5.88. The van der Waals surface area contributed by atoms with E-state index in [0.717, 1.165) is 24.5 Å². The zero-order chi connectivity index (χ0) is 15.0. The van der Waals surface area contributed by atoms with E-state index in [2.05, 4.69) is 22.4 Å². The number of fused-ring (bicyclic) bond motifs is 1. The van der Waals surface area contributed by atoms with Crippen molar-refractivity contribution < 1.29 is 4.74 Å². The second kappa shape index (κ2) is 5.58. The molecule has 110 valence electrons. The van der Waals surface area contributed by atoms with E-state index in [9.17, 15) is 5.26 Å². The summed E-state index contributed by atoms with van der Waals surface area (Å²) in [5, 5.41) is 12.3. The van der Waals surface area contributed by atoms with E-state index in [0.29, 0.717) is 16.3 Å². The van der Waals surface area contributed by atoms with Gasteiger partial charge in [0.15, 0.2) is 5.75 Å². The van der Waals surface area contributed by atoms with Gasteiger partial charge >= 0.3 is 0 Å². The second-order valence-corrected chi connectivity index (χ2v) is 7.30. The molecule has 0 unspecified atom stereocenters. The monoisotopic (exact) mass is 319 g/mol. The SMILES string of the molecule is CC(C)Oc1c(N2CCc3sccc3C2)sc(C#N)c1N. The summed E-state index contributed by atoms with van der Waals surface area (Å²) in [5.41, 5.74) is 7.92. The maximum atomic E-state index is 9.22. The molecule has 2 aromatic rings. The van der Waals surface area contributed by atoms with Crippen LogP contribution in [0.2, 0.25) is 0 Å². The summed E-state index contributed by atoms with van der Waals surface area (Å²) in [6.45, 7) is 5.74. The smallest absolute Gasteiger partial charge is 0.178 e. The molecule has 0 aliphatic carbocycles. The lowest BCUT2D eigenvalue weighted by Gasteiger charge is -2.28. The minimum Gasteiger partial charge on any atom is -0.486 e. The molecule has 2 aromatic heterocycles. The van der Waals surface area contributed by atoms with Crippen LogP contribution in [0.15, 0.2) is 11.4 Å². The van der Waals surface area contributed by atoms with Crippen LogP contribution in [-0.2, 0) is 13.0 Å². The predicted molar refractivity (Wildman–Crippen MR) is 88.3 cm³/mol. The molecule has 3 rings (SSSR count). The van der Waals surface area contributed by atoms with Crippen molar-refractivity contribution >= 4 is 33.4 Å². The van der Waals surface area contributed by atoms with Gasteiger partial charge in [-0.05, 0) is 37.3 Å². The number of hydrogen-bond donors (Lipinski definition) is 1. The normalized spacial score (nSPS) is 14.1. The van der Waals surface area contributed by atoms with Crippen LogP contribution in [0, 0.1) is 11.3 Å². The first-order valence-corrected chi connectivity index (χ1v) is 8.59. The summed E-state index contributed by atoms with van der Waals surface area (Å²) in [4.78, 5) is 4.27. The van der Waals surface area contributed by atoms with Gasteiger partial charge in [-0.25, -0.2) is 0 Å². The molecule has 1 aliphatic rings. The van der Waals surface area contributed by atoms with E-state index in [1.807, 2.05) is 25.2 Å². The number of rotatable bonds is 3. The lowest BCUT2D eigenvalue weighted by Crippen LogP contribution is -2.29. The topological polar surface area (TPSA) is 62.3 Å². The quantitative estimate of drug-likeness (QED) is 0.938. The van der Waals surface area contributed by atoms with Gasteiger partial charge in [0.25, 0.3) is 0 Å². The third kappa shape index (κ3) is 2.59. The average molecular weight is 319 g/mol. The summed E-state index contributed by atoms with van der Waals surface area (Å²) in [5.74, 6) is 0.672. The molecule has 0 fully saturated rings. The van der Waals surface area contributed by atoms with Crippen LogP contribution < -0.4 is 15.4 Å². The molecule has 0 aromatic carbocycles. The Morgan fingerprint density at radius 2 is 2.29 bits per heavy atom. The van der Waals surface area contributed by atoms with Crippen LogP contribution in [0.3, 0.4) is 0 Å². The number of nitrogen functional groups attached to an aromatic ring is 1. The number of nitrogens with two attached hydrogens (primary N) is 1. The van der Waals surface area contributed by atoms with Crippen molar-refractivity contribution in [3.63, 3.8) is 0 Å². The number of ether oxygens (including phenoxy) is 1. The van der Waals surface area contributed by atoms with E-state index in [1.165, 1.54) is 21.8 Å². The number of nitrogens with zero attached hydrogens (tertiary/aromatic N) is 2. The van der Waals surface area contributed by atoms with Gasteiger partial charge in [0.1, 0.15) is 21.6 Å². The zero-order valence-corrected chi connectivity index (χ0v) is 13.7. The van der Waals surface area contributed by atoms with Crippen molar-refractivity contribution in [2.45, 2.75) is 32.9 Å². The first kappa shape index (κ1) is 14.2. The van der Waals surface area contributed by atoms with Crippen LogP contribution in [0.5, 0.6) is 5.75 Å². The summed E-state index contributed by atoms with van der Waals surface area (Å²) in [7, 11) is 0. The Kier molecular flexibility index (Phi) is 3.79. The standard InChI is InChI=1S/C15H17N3OS2/c1-9(2)19-14-13(17)12(7-16)21-15(14)18-5-3-11-10(8-18)4-6-20-11/h4,6,9H,3,5,8,17H2,1-2H3. The molecule has 3 heterocycles. The van der Waals surface area contributed by atoms with Gasteiger partial charge < -0.3 is 15.4 Å². The van der Waals surface area contributed by atoms with Gasteiger partial charge in [-0.15, -0.1) is 22.7 Å². The first-order valence-electron chi connectivity index (χ1n) is 6.89. The molecule has 0 spiro atoms. The molecule has 0 amide bonds. The fraction of sp³-hybridized carbons (Fsp3) is 0.400. The number of nitriles is 1. The van der Waals surface area contributed by atoms with Crippen molar-refractivity contribution in [2.75, 3.05) is 17.2 Å². The minimum absolute atomic E-state index is 0.0358. The highest BCUT2D eigenvalue weighted by Crippen LogP contribution is 2.46. The highest BCUT2D eigenvalue weighted by Gasteiger charge is 2.26. The van der Waals surface area contributed by atoms with Gasteiger partial charge in [-0.2, -0.15) is 5.26 Å². The Balaban J connectivity index is 1.97. The molecular weight excluding hydrogens is 302 g/mol. The van der Waals surface area contributed by atoms with Gasteiger partial charge in [-0.3, -0.25) is 0 Å². The van der Waals surface area contributed by atoms with Crippen molar-refractivity contribution in [2.24, 2.45) is 0 Å². The van der Waals surface area contributed by atoms with Crippen molar-refractivity contribution in [3.05, 3.63) is 26.8 Å². The Morgan fingerprint density at radius 1 is 1.48 bits per heavy atom. The van der Waals surface area contributed by atoms with Crippen LogP contribution in [0.25, 0.3) is 0 Å². The molecule has 0 bridgehead atoms. The van der Waals surface area contributed by atoms with E-state index >= 15 is 0 Å². The molecule has 0 saturated heterocycles. The number of thiophene rings is 2. The maximum absolute atomic E-state index is 9.22. The number of hydrogen-bond acceptors (Lipinski definition) is 6. The van der Waals surface area contributed by atoms with Gasteiger partial charge in [-0.1, -0.05) is 0 Å². The molecule has 0 atom stereocenters. The molecule has 0 radical (unpaired) electrons. The Morgan fingerprint density at radius 3 is 3.00 bits per heavy atom. The third-order valence-corrected chi connectivity index (χ3v) is 5.61. The first-order chi connectivity index (χ1) is 10.1.